The van der Waals surface area contributed by atoms with Crippen LogP contribution >= 0.6 is 22.7 Å². The predicted molar refractivity (Wildman–Crippen MR) is 172 cm³/mol. The number of hydrogen-bond acceptors (Lipinski definition) is 4. The molecule has 0 amide bonds. The molecule has 0 radical (unpaired) electrons. The van der Waals surface area contributed by atoms with Crippen molar-refractivity contribution in [1.29, 1.82) is 0 Å². The van der Waals surface area contributed by atoms with E-state index in [9.17, 15) is 0 Å². The summed E-state index contributed by atoms with van der Waals surface area (Å²) in [5, 5.41) is 13.8. The van der Waals surface area contributed by atoms with E-state index in [0.717, 1.165) is 21.1 Å². The first-order chi connectivity index (χ1) is 19.8. The number of thiazole rings is 2. The summed E-state index contributed by atoms with van der Waals surface area (Å²) in [4.78, 5) is 8.96. The molecular formula is C36H22N2S2. The topological polar surface area (TPSA) is 25.8 Å². The van der Waals surface area contributed by atoms with E-state index in [1.165, 1.54) is 54.6 Å². The van der Waals surface area contributed by atoms with Crippen LogP contribution in [-0.2, 0) is 0 Å². The molecule has 8 aromatic rings. The average molecular weight is 547 g/mol. The Kier molecular flexibility index (Phi) is 5.54. The third kappa shape index (κ3) is 3.84. The summed E-state index contributed by atoms with van der Waals surface area (Å²) in [5.41, 5.74) is 7.23. The number of nitrogens with zero attached hydrogens (tertiary/aromatic N) is 2. The minimum atomic E-state index is 1.05. The van der Waals surface area contributed by atoms with Crippen LogP contribution in [0.1, 0.15) is 0 Å². The second-order valence-electron chi connectivity index (χ2n) is 9.86. The Balaban J connectivity index is 1.35. The summed E-state index contributed by atoms with van der Waals surface area (Å²) in [5.74, 6) is 0. The Hall–Kier alpha value is -4.64. The highest BCUT2D eigenvalue weighted by Gasteiger charge is 2.15. The van der Waals surface area contributed by atoms with Crippen molar-refractivity contribution in [2.24, 2.45) is 0 Å². The fourth-order valence-corrected chi connectivity index (χ4v) is 7.03. The van der Waals surface area contributed by atoms with E-state index >= 15 is 0 Å². The lowest BCUT2D eigenvalue weighted by Gasteiger charge is -2.16. The van der Waals surface area contributed by atoms with E-state index in [-0.39, 0.29) is 0 Å². The van der Waals surface area contributed by atoms with Crippen molar-refractivity contribution >= 4 is 55.0 Å². The largest absolute Gasteiger partial charge is 0.245 e. The first-order valence-corrected chi connectivity index (χ1v) is 15.0. The fourth-order valence-electron chi connectivity index (χ4n) is 5.75. The molecule has 0 saturated carbocycles. The number of rotatable bonds is 4. The molecule has 0 unspecified atom stereocenters. The molecule has 0 N–H and O–H groups in total. The minimum absolute atomic E-state index is 1.05. The van der Waals surface area contributed by atoms with E-state index in [1.807, 2.05) is 23.2 Å². The van der Waals surface area contributed by atoms with Crippen molar-refractivity contribution < 1.29 is 0 Å². The third-order valence-corrected chi connectivity index (χ3v) is 9.28. The van der Waals surface area contributed by atoms with Crippen LogP contribution in [0.5, 0.6) is 0 Å². The number of aromatic nitrogens is 2. The van der Waals surface area contributed by atoms with Gasteiger partial charge in [0.2, 0.25) is 0 Å². The lowest BCUT2D eigenvalue weighted by atomic mass is 9.87. The fraction of sp³-hybridized carbons (Fsp3) is 0. The summed E-state index contributed by atoms with van der Waals surface area (Å²) in [6, 6.07) is 40.0. The van der Waals surface area contributed by atoms with Gasteiger partial charge in [-0.05, 0) is 66.7 Å². The van der Waals surface area contributed by atoms with E-state index in [2.05, 4.69) is 119 Å². The molecule has 0 aliphatic carbocycles. The molecule has 0 saturated heterocycles. The van der Waals surface area contributed by atoms with Crippen LogP contribution in [0, 0.1) is 0 Å². The van der Waals surface area contributed by atoms with Crippen molar-refractivity contribution in [2.45, 2.75) is 0 Å². The molecule has 0 bridgehead atoms. The quantitative estimate of drug-likeness (QED) is 0.205. The first-order valence-electron chi connectivity index (χ1n) is 13.2. The van der Waals surface area contributed by atoms with Gasteiger partial charge in [-0.15, -0.1) is 22.7 Å². The highest BCUT2D eigenvalue weighted by atomic mass is 32.1. The lowest BCUT2D eigenvalue weighted by Crippen LogP contribution is -1.89. The van der Waals surface area contributed by atoms with Crippen LogP contribution in [0.25, 0.3) is 75.7 Å². The maximum atomic E-state index is 4.48. The average Bonchev–Trinajstić information content (AvgIpc) is 3.76. The molecule has 6 aromatic carbocycles. The molecule has 0 spiro atoms. The molecule has 0 atom stereocenters. The van der Waals surface area contributed by atoms with E-state index < -0.39 is 0 Å². The monoisotopic (exact) mass is 546 g/mol. The van der Waals surface area contributed by atoms with Gasteiger partial charge in [0.05, 0.1) is 0 Å². The first kappa shape index (κ1) is 23.3. The van der Waals surface area contributed by atoms with E-state index in [1.54, 1.807) is 22.7 Å². The molecule has 0 aliphatic rings. The zero-order valence-electron chi connectivity index (χ0n) is 21.4. The SMILES string of the molecule is c1ccc2c(c1)c(-c1ccc(-c3nccs3)cc1)cc1c3ccccc3c(-c3ccc(-c4nccs4)cc3)cc21. The van der Waals surface area contributed by atoms with Gasteiger partial charge in [0, 0.05) is 34.3 Å². The van der Waals surface area contributed by atoms with Gasteiger partial charge >= 0.3 is 0 Å². The molecule has 188 valence electrons. The maximum absolute atomic E-state index is 4.48. The van der Waals surface area contributed by atoms with E-state index in [4.69, 9.17) is 0 Å². The van der Waals surface area contributed by atoms with Crippen LogP contribution in [0.4, 0.5) is 0 Å². The van der Waals surface area contributed by atoms with Gasteiger partial charge in [-0.1, -0.05) is 97.1 Å². The van der Waals surface area contributed by atoms with Crippen LogP contribution < -0.4 is 0 Å². The summed E-state index contributed by atoms with van der Waals surface area (Å²) in [6.07, 6.45) is 3.72. The zero-order chi connectivity index (χ0) is 26.5. The smallest absolute Gasteiger partial charge is 0.123 e. The van der Waals surface area contributed by atoms with Gasteiger partial charge in [0.1, 0.15) is 10.0 Å². The Morgan fingerprint density at radius 2 is 0.750 bits per heavy atom. The Morgan fingerprint density at radius 3 is 1.12 bits per heavy atom. The van der Waals surface area contributed by atoms with Gasteiger partial charge in [-0.25, -0.2) is 9.97 Å². The second kappa shape index (κ2) is 9.53. The Bertz CT molecular complexity index is 1970. The number of benzene rings is 6. The zero-order valence-corrected chi connectivity index (χ0v) is 23.0. The summed E-state index contributed by atoms with van der Waals surface area (Å²) in [6.45, 7) is 0. The van der Waals surface area contributed by atoms with Crippen molar-refractivity contribution in [1.82, 2.24) is 9.97 Å². The van der Waals surface area contributed by atoms with Crippen molar-refractivity contribution in [3.63, 3.8) is 0 Å². The van der Waals surface area contributed by atoms with Gasteiger partial charge in [0.15, 0.2) is 0 Å². The normalized spacial score (nSPS) is 11.5. The molecule has 40 heavy (non-hydrogen) atoms. The molecule has 2 heterocycles. The van der Waals surface area contributed by atoms with Crippen LogP contribution in [0.3, 0.4) is 0 Å². The highest BCUT2D eigenvalue weighted by molar-refractivity contribution is 7.13. The van der Waals surface area contributed by atoms with E-state index in [0.29, 0.717) is 0 Å². The molecular weight excluding hydrogens is 525 g/mol. The Labute approximate surface area is 239 Å². The lowest BCUT2D eigenvalue weighted by molar-refractivity contribution is 1.41. The predicted octanol–water partition coefficient (Wildman–Crippen LogP) is 10.7. The highest BCUT2D eigenvalue weighted by Crippen LogP contribution is 2.42. The summed E-state index contributed by atoms with van der Waals surface area (Å²) in [7, 11) is 0. The van der Waals surface area contributed by atoms with Gasteiger partial charge in [-0.2, -0.15) is 0 Å². The molecule has 2 nitrogen and oxygen atoms in total. The van der Waals surface area contributed by atoms with Crippen molar-refractivity contribution in [2.75, 3.05) is 0 Å². The van der Waals surface area contributed by atoms with Crippen LogP contribution in [0.2, 0.25) is 0 Å². The summed E-state index contributed by atoms with van der Waals surface area (Å²) >= 11 is 3.34. The van der Waals surface area contributed by atoms with Gasteiger partial charge in [0.25, 0.3) is 0 Å². The van der Waals surface area contributed by atoms with Gasteiger partial charge in [-0.3, -0.25) is 0 Å². The summed E-state index contributed by atoms with van der Waals surface area (Å²) < 4.78 is 0. The number of fused-ring (bicyclic) bond motifs is 5. The molecule has 0 fully saturated rings. The Morgan fingerprint density at radius 1 is 0.375 bits per heavy atom. The van der Waals surface area contributed by atoms with Crippen molar-refractivity contribution in [3.05, 3.63) is 132 Å². The minimum Gasteiger partial charge on any atom is -0.245 e. The molecule has 0 aliphatic heterocycles. The molecule has 4 heteroatoms. The number of hydrogen-bond donors (Lipinski definition) is 0. The third-order valence-electron chi connectivity index (χ3n) is 7.63. The second-order valence-corrected chi connectivity index (χ2v) is 11.7. The van der Waals surface area contributed by atoms with Crippen molar-refractivity contribution in [3.8, 4) is 43.4 Å². The van der Waals surface area contributed by atoms with Gasteiger partial charge < -0.3 is 0 Å². The molecule has 2 aromatic heterocycles. The standard InChI is InChI=1S/C36H22N2S2/c1-3-7-29-27(5-1)31(23-9-13-25(14-10-23)35-37-17-19-39-35)21-34-30-8-4-2-6-28(30)32(22-33(29)34)24-11-15-26(16-12-24)36-38-18-20-40-36/h1-22H. The van der Waals surface area contributed by atoms with Crippen LogP contribution in [0.15, 0.2) is 132 Å². The maximum Gasteiger partial charge on any atom is 0.123 e. The molecule has 8 rings (SSSR count). The van der Waals surface area contributed by atoms with Crippen LogP contribution in [-0.4, -0.2) is 9.97 Å².